The fourth-order valence-electron chi connectivity index (χ4n) is 3.69. The minimum Gasteiger partial charge on any atom is -0.341 e. The molecule has 0 aromatic carbocycles. The summed E-state index contributed by atoms with van der Waals surface area (Å²) in [7, 11) is 0. The molecule has 7 heteroatoms. The molecule has 0 bridgehead atoms. The van der Waals surface area contributed by atoms with Crippen molar-refractivity contribution in [3.05, 3.63) is 29.6 Å². The van der Waals surface area contributed by atoms with Crippen LogP contribution >= 0.6 is 0 Å². The van der Waals surface area contributed by atoms with E-state index in [9.17, 15) is 4.79 Å². The van der Waals surface area contributed by atoms with Gasteiger partial charge in [0.05, 0.1) is 6.42 Å². The van der Waals surface area contributed by atoms with Crippen molar-refractivity contribution in [3.8, 4) is 0 Å². The summed E-state index contributed by atoms with van der Waals surface area (Å²) in [5, 5.41) is 14.3. The van der Waals surface area contributed by atoms with Crippen LogP contribution in [0, 0.1) is 11.8 Å². The Morgan fingerprint density at radius 1 is 1.33 bits per heavy atom. The first-order valence-corrected chi connectivity index (χ1v) is 8.80. The maximum atomic E-state index is 12.6. The van der Waals surface area contributed by atoms with E-state index < -0.39 is 0 Å². The van der Waals surface area contributed by atoms with Gasteiger partial charge in [-0.25, -0.2) is 4.98 Å². The molecule has 2 N–H and O–H groups in total. The number of hydrogen-bond acceptors (Lipinski definition) is 4. The smallest absolute Gasteiger partial charge is 0.228 e. The third-order valence-electron chi connectivity index (χ3n) is 5.23. The molecule has 1 amide bonds. The molecule has 128 valence electrons. The van der Waals surface area contributed by atoms with Gasteiger partial charge in [-0.2, -0.15) is 10.2 Å². The molecule has 1 aliphatic heterocycles. The van der Waals surface area contributed by atoms with Gasteiger partial charge in [0, 0.05) is 36.8 Å². The van der Waals surface area contributed by atoms with Gasteiger partial charge in [-0.1, -0.05) is 13.8 Å². The van der Waals surface area contributed by atoms with E-state index in [2.05, 4.69) is 34.2 Å². The van der Waals surface area contributed by atoms with Gasteiger partial charge in [0.1, 0.15) is 5.82 Å². The van der Waals surface area contributed by atoms with E-state index in [-0.39, 0.29) is 11.8 Å². The molecular weight excluding hydrogens is 304 g/mol. The average Bonchev–Trinajstić information content (AvgIpc) is 2.99. The van der Waals surface area contributed by atoms with E-state index in [0.29, 0.717) is 18.3 Å². The predicted octanol–water partition coefficient (Wildman–Crippen LogP) is 1.85. The zero-order valence-electron chi connectivity index (χ0n) is 14.2. The summed E-state index contributed by atoms with van der Waals surface area (Å²) >= 11 is 0. The number of aromatic amines is 2. The van der Waals surface area contributed by atoms with Crippen LogP contribution < -0.4 is 0 Å². The topological polar surface area (TPSA) is 90.6 Å². The Hall–Kier alpha value is -2.18. The predicted molar refractivity (Wildman–Crippen MR) is 88.3 cm³/mol. The van der Waals surface area contributed by atoms with Gasteiger partial charge in [-0.3, -0.25) is 15.0 Å². The molecule has 1 saturated heterocycles. The molecule has 3 heterocycles. The van der Waals surface area contributed by atoms with Crippen LogP contribution in [0.5, 0.6) is 0 Å². The van der Waals surface area contributed by atoms with Gasteiger partial charge in [-0.15, -0.1) is 0 Å². The number of nitrogens with zero attached hydrogens (tertiary/aromatic N) is 4. The van der Waals surface area contributed by atoms with Crippen molar-refractivity contribution in [1.29, 1.82) is 0 Å². The lowest BCUT2D eigenvalue weighted by molar-refractivity contribution is -0.129. The highest BCUT2D eigenvalue weighted by molar-refractivity contribution is 5.78. The van der Waals surface area contributed by atoms with E-state index in [1.807, 2.05) is 11.0 Å². The second-order valence-corrected chi connectivity index (χ2v) is 7.40. The van der Waals surface area contributed by atoms with Crippen LogP contribution in [0.25, 0.3) is 0 Å². The Bertz CT molecular complexity index is 702. The Balaban J connectivity index is 1.50. The number of rotatable bonds is 5. The highest BCUT2D eigenvalue weighted by Crippen LogP contribution is 2.47. The molecule has 0 unspecified atom stereocenters. The minimum atomic E-state index is 0.163. The molecule has 2 aromatic rings. The summed E-state index contributed by atoms with van der Waals surface area (Å²) in [5.41, 5.74) is 0.869. The Morgan fingerprint density at radius 2 is 2.17 bits per heavy atom. The molecule has 2 atom stereocenters. The first-order valence-electron chi connectivity index (χ1n) is 8.80. The third kappa shape index (κ3) is 2.95. The number of hydrogen-bond donors (Lipinski definition) is 2. The minimum absolute atomic E-state index is 0.163. The lowest BCUT2D eigenvalue weighted by Crippen LogP contribution is -2.30. The first kappa shape index (κ1) is 15.4. The van der Waals surface area contributed by atoms with Gasteiger partial charge in [-0.05, 0) is 30.7 Å². The zero-order chi connectivity index (χ0) is 16.7. The molecular formula is C17H24N6O. The molecule has 2 fully saturated rings. The van der Waals surface area contributed by atoms with E-state index in [1.165, 1.54) is 12.8 Å². The van der Waals surface area contributed by atoms with Gasteiger partial charge in [0.25, 0.3) is 0 Å². The van der Waals surface area contributed by atoms with Gasteiger partial charge < -0.3 is 4.90 Å². The monoisotopic (exact) mass is 328 g/mol. The van der Waals surface area contributed by atoms with Gasteiger partial charge in [0.2, 0.25) is 5.91 Å². The SMILES string of the molecule is CC(C)c1n[nH]c([C@H]2CN(C(=O)Cc3ccn[nH]3)C[C@@H]2C2CC2)n1. The number of amides is 1. The van der Waals surface area contributed by atoms with Crippen molar-refractivity contribution < 1.29 is 4.79 Å². The number of carbonyl (C=O) groups is 1. The van der Waals surface area contributed by atoms with Gasteiger partial charge >= 0.3 is 0 Å². The van der Waals surface area contributed by atoms with Crippen molar-refractivity contribution >= 4 is 5.91 Å². The van der Waals surface area contributed by atoms with Crippen molar-refractivity contribution in [2.75, 3.05) is 13.1 Å². The fourth-order valence-corrected chi connectivity index (χ4v) is 3.69. The number of aromatic nitrogens is 5. The fraction of sp³-hybridized carbons (Fsp3) is 0.647. The maximum Gasteiger partial charge on any atom is 0.228 e. The summed E-state index contributed by atoms with van der Waals surface area (Å²) in [6.45, 7) is 5.77. The normalized spacial score (nSPS) is 24.0. The standard InChI is InChI=1S/C17H24N6O/c1-10(2)16-19-17(22-21-16)14-9-23(8-13(14)11-3-4-11)15(24)7-12-5-6-18-20-12/h5-6,10-11,13-14H,3-4,7-9H2,1-2H3,(H,18,20)(H,19,21,22)/t13-,14+/m1/s1. The Labute approximate surface area is 141 Å². The molecule has 2 aliphatic rings. The third-order valence-corrected chi connectivity index (χ3v) is 5.23. The van der Waals surface area contributed by atoms with Crippen LogP contribution in [0.1, 0.15) is 55.9 Å². The van der Waals surface area contributed by atoms with E-state index in [0.717, 1.165) is 36.4 Å². The number of nitrogens with one attached hydrogen (secondary N) is 2. The summed E-state index contributed by atoms with van der Waals surface area (Å²) in [6, 6.07) is 1.86. The summed E-state index contributed by atoms with van der Waals surface area (Å²) in [5.74, 6) is 3.80. The quantitative estimate of drug-likeness (QED) is 0.876. The average molecular weight is 328 g/mol. The van der Waals surface area contributed by atoms with Crippen LogP contribution in [-0.4, -0.2) is 49.3 Å². The molecule has 1 saturated carbocycles. The second-order valence-electron chi connectivity index (χ2n) is 7.40. The van der Waals surface area contributed by atoms with E-state index in [1.54, 1.807) is 6.20 Å². The maximum absolute atomic E-state index is 12.6. The highest BCUT2D eigenvalue weighted by Gasteiger charge is 2.45. The molecule has 7 nitrogen and oxygen atoms in total. The van der Waals surface area contributed by atoms with Crippen molar-refractivity contribution in [1.82, 2.24) is 30.3 Å². The molecule has 2 aromatic heterocycles. The number of H-pyrrole nitrogens is 2. The van der Waals surface area contributed by atoms with Crippen LogP contribution in [0.15, 0.2) is 12.3 Å². The van der Waals surface area contributed by atoms with Crippen molar-refractivity contribution in [2.24, 2.45) is 11.8 Å². The second kappa shape index (κ2) is 6.03. The highest BCUT2D eigenvalue weighted by atomic mass is 16.2. The Morgan fingerprint density at radius 3 is 2.79 bits per heavy atom. The molecule has 1 aliphatic carbocycles. The van der Waals surface area contributed by atoms with Crippen LogP contribution in [0.2, 0.25) is 0 Å². The summed E-state index contributed by atoms with van der Waals surface area (Å²) in [6.07, 6.45) is 4.62. The van der Waals surface area contributed by atoms with Crippen LogP contribution in [0.4, 0.5) is 0 Å². The Kier molecular flexibility index (Phi) is 3.86. The van der Waals surface area contributed by atoms with Crippen LogP contribution in [-0.2, 0) is 11.2 Å². The van der Waals surface area contributed by atoms with Crippen molar-refractivity contribution in [3.63, 3.8) is 0 Å². The van der Waals surface area contributed by atoms with Gasteiger partial charge in [0.15, 0.2) is 5.82 Å². The lowest BCUT2D eigenvalue weighted by atomic mass is 9.91. The molecule has 0 radical (unpaired) electrons. The summed E-state index contributed by atoms with van der Waals surface area (Å²) < 4.78 is 0. The number of carbonyl (C=O) groups excluding carboxylic acids is 1. The first-order chi connectivity index (χ1) is 11.6. The molecule has 4 rings (SSSR count). The lowest BCUT2D eigenvalue weighted by Gasteiger charge is -2.15. The van der Waals surface area contributed by atoms with Crippen molar-refractivity contribution in [2.45, 2.75) is 44.9 Å². The molecule has 0 spiro atoms. The summed E-state index contributed by atoms with van der Waals surface area (Å²) in [4.78, 5) is 19.3. The number of likely N-dealkylation sites (tertiary alicyclic amines) is 1. The zero-order valence-corrected chi connectivity index (χ0v) is 14.2. The van der Waals surface area contributed by atoms with E-state index in [4.69, 9.17) is 4.98 Å². The van der Waals surface area contributed by atoms with Crippen LogP contribution in [0.3, 0.4) is 0 Å². The molecule has 24 heavy (non-hydrogen) atoms. The largest absolute Gasteiger partial charge is 0.341 e. The van der Waals surface area contributed by atoms with E-state index >= 15 is 0 Å².